The van der Waals surface area contributed by atoms with Gasteiger partial charge < -0.3 is 15.0 Å². The first kappa shape index (κ1) is 15.0. The predicted molar refractivity (Wildman–Crippen MR) is 76.8 cm³/mol. The van der Waals surface area contributed by atoms with Gasteiger partial charge in [-0.05, 0) is 18.1 Å². The molecule has 1 heterocycles. The number of rotatable bonds is 5. The summed E-state index contributed by atoms with van der Waals surface area (Å²) in [6.45, 7) is 0.574. The summed E-state index contributed by atoms with van der Waals surface area (Å²) in [5.41, 5.74) is 2.05. The second-order valence-corrected chi connectivity index (χ2v) is 4.78. The number of methoxy groups -OCH3 is 1. The number of para-hydroxylation sites is 1. The first-order chi connectivity index (χ1) is 10.1. The van der Waals surface area contributed by atoms with E-state index in [2.05, 4.69) is 10.1 Å². The van der Waals surface area contributed by atoms with Crippen LogP contribution < -0.4 is 10.2 Å². The number of fused-ring (bicyclic) bond motifs is 1. The Balaban J connectivity index is 1.81. The van der Waals surface area contributed by atoms with Gasteiger partial charge in [-0.3, -0.25) is 14.4 Å². The van der Waals surface area contributed by atoms with Gasteiger partial charge in [-0.15, -0.1) is 0 Å². The van der Waals surface area contributed by atoms with E-state index in [1.807, 2.05) is 24.3 Å². The third-order valence-corrected chi connectivity index (χ3v) is 3.41. The lowest BCUT2D eigenvalue weighted by Gasteiger charge is -2.17. The number of hydrogen-bond donors (Lipinski definition) is 1. The molecule has 0 fully saturated rings. The number of benzene rings is 1. The highest BCUT2D eigenvalue weighted by Gasteiger charge is 2.24. The number of nitrogens with zero attached hydrogens (tertiary/aromatic N) is 1. The van der Waals surface area contributed by atoms with E-state index in [9.17, 15) is 14.4 Å². The molecule has 0 bridgehead atoms. The number of amides is 2. The molecule has 0 atom stereocenters. The van der Waals surface area contributed by atoms with Crippen molar-refractivity contribution in [1.82, 2.24) is 5.32 Å². The fourth-order valence-corrected chi connectivity index (χ4v) is 2.27. The third-order valence-electron chi connectivity index (χ3n) is 3.41. The summed E-state index contributed by atoms with van der Waals surface area (Å²) in [4.78, 5) is 36.3. The topological polar surface area (TPSA) is 75.7 Å². The molecule has 1 N–H and O–H groups in total. The maximum atomic E-state index is 12.1. The molecule has 2 amide bonds. The van der Waals surface area contributed by atoms with Gasteiger partial charge in [-0.1, -0.05) is 18.2 Å². The smallest absolute Gasteiger partial charge is 0.306 e. The van der Waals surface area contributed by atoms with E-state index in [1.54, 1.807) is 4.90 Å². The minimum Gasteiger partial charge on any atom is -0.469 e. The van der Waals surface area contributed by atoms with E-state index in [0.717, 1.165) is 17.7 Å². The lowest BCUT2D eigenvalue weighted by atomic mass is 10.2. The van der Waals surface area contributed by atoms with Crippen LogP contribution in [-0.4, -0.2) is 38.0 Å². The Morgan fingerprint density at radius 2 is 2.00 bits per heavy atom. The first-order valence-corrected chi connectivity index (χ1v) is 6.83. The Labute approximate surface area is 123 Å². The zero-order valence-electron chi connectivity index (χ0n) is 11.9. The van der Waals surface area contributed by atoms with Crippen LogP contribution in [0.4, 0.5) is 5.69 Å². The number of anilines is 1. The second kappa shape index (κ2) is 6.88. The van der Waals surface area contributed by atoms with Crippen LogP contribution >= 0.6 is 0 Å². The Morgan fingerprint density at radius 1 is 1.24 bits per heavy atom. The van der Waals surface area contributed by atoms with Gasteiger partial charge in [0.1, 0.15) is 0 Å². The van der Waals surface area contributed by atoms with E-state index in [0.29, 0.717) is 6.54 Å². The van der Waals surface area contributed by atoms with E-state index in [4.69, 9.17) is 0 Å². The largest absolute Gasteiger partial charge is 0.469 e. The first-order valence-electron chi connectivity index (χ1n) is 6.83. The Kier molecular flexibility index (Phi) is 4.92. The Hall–Kier alpha value is -2.37. The van der Waals surface area contributed by atoms with Crippen LogP contribution in [0.1, 0.15) is 18.4 Å². The van der Waals surface area contributed by atoms with Gasteiger partial charge in [0.25, 0.3) is 0 Å². The highest BCUT2D eigenvalue weighted by molar-refractivity contribution is 5.98. The van der Waals surface area contributed by atoms with Crippen molar-refractivity contribution in [2.75, 3.05) is 25.1 Å². The average molecular weight is 290 g/mol. The molecule has 0 unspecified atom stereocenters. The molecule has 6 heteroatoms. The number of ether oxygens (including phenoxy) is 1. The Morgan fingerprint density at radius 3 is 2.76 bits per heavy atom. The summed E-state index contributed by atoms with van der Waals surface area (Å²) in [7, 11) is 1.27. The molecule has 0 spiro atoms. The maximum Gasteiger partial charge on any atom is 0.306 e. The summed E-state index contributed by atoms with van der Waals surface area (Å²) in [6, 6.07) is 7.73. The second-order valence-electron chi connectivity index (χ2n) is 4.78. The van der Waals surface area contributed by atoms with Gasteiger partial charge in [-0.2, -0.15) is 0 Å². The zero-order chi connectivity index (χ0) is 15.2. The summed E-state index contributed by atoms with van der Waals surface area (Å²) < 4.78 is 4.45. The van der Waals surface area contributed by atoms with Crippen LogP contribution in [0.3, 0.4) is 0 Å². The van der Waals surface area contributed by atoms with E-state index in [-0.39, 0.29) is 31.2 Å². The number of carbonyl (C=O) groups excluding carboxylic acids is 3. The highest BCUT2D eigenvalue weighted by Crippen LogP contribution is 2.27. The molecular formula is C15H18N2O4. The van der Waals surface area contributed by atoms with Gasteiger partial charge in [-0.25, -0.2) is 0 Å². The molecule has 21 heavy (non-hydrogen) atoms. The van der Waals surface area contributed by atoms with Gasteiger partial charge >= 0.3 is 5.97 Å². The van der Waals surface area contributed by atoms with Crippen molar-refractivity contribution in [2.45, 2.75) is 19.3 Å². The molecule has 112 valence electrons. The van der Waals surface area contributed by atoms with E-state index < -0.39 is 5.97 Å². The fourth-order valence-electron chi connectivity index (χ4n) is 2.27. The van der Waals surface area contributed by atoms with Crippen LogP contribution in [0.15, 0.2) is 24.3 Å². The molecule has 1 aliphatic heterocycles. The van der Waals surface area contributed by atoms with Crippen molar-refractivity contribution in [2.24, 2.45) is 0 Å². The Bertz CT molecular complexity index is 556. The van der Waals surface area contributed by atoms with Crippen LogP contribution in [0.5, 0.6) is 0 Å². The number of carbonyl (C=O) groups is 3. The summed E-state index contributed by atoms with van der Waals surface area (Å²) in [5, 5.41) is 2.53. The average Bonchev–Trinajstić information content (AvgIpc) is 2.94. The fraction of sp³-hybridized carbons (Fsp3) is 0.400. The van der Waals surface area contributed by atoms with Crippen molar-refractivity contribution in [3.8, 4) is 0 Å². The SMILES string of the molecule is COC(=O)CCC(=O)NCC(=O)N1CCc2ccccc21. The van der Waals surface area contributed by atoms with Crippen molar-refractivity contribution in [3.05, 3.63) is 29.8 Å². The molecule has 0 saturated heterocycles. The van der Waals surface area contributed by atoms with Crippen molar-refractivity contribution in [1.29, 1.82) is 0 Å². The van der Waals surface area contributed by atoms with Crippen molar-refractivity contribution < 1.29 is 19.1 Å². The van der Waals surface area contributed by atoms with Crippen LogP contribution in [0.2, 0.25) is 0 Å². The molecule has 0 radical (unpaired) electrons. The summed E-state index contributed by atoms with van der Waals surface area (Å²) in [5.74, 6) is -0.919. The molecule has 6 nitrogen and oxygen atoms in total. The molecule has 0 aromatic heterocycles. The number of esters is 1. The molecule has 1 aliphatic rings. The molecule has 0 saturated carbocycles. The van der Waals surface area contributed by atoms with Crippen LogP contribution in [0.25, 0.3) is 0 Å². The minimum absolute atomic E-state index is 0.0169. The van der Waals surface area contributed by atoms with Crippen molar-refractivity contribution in [3.63, 3.8) is 0 Å². The number of hydrogen-bond acceptors (Lipinski definition) is 4. The predicted octanol–water partition coefficient (Wildman–Crippen LogP) is 0.645. The molecule has 1 aromatic rings. The minimum atomic E-state index is -0.440. The van der Waals surface area contributed by atoms with Crippen molar-refractivity contribution >= 4 is 23.5 Å². The van der Waals surface area contributed by atoms with Crippen LogP contribution in [-0.2, 0) is 25.5 Å². The van der Waals surface area contributed by atoms with E-state index >= 15 is 0 Å². The summed E-state index contributed by atoms with van der Waals surface area (Å²) >= 11 is 0. The summed E-state index contributed by atoms with van der Waals surface area (Å²) in [6.07, 6.45) is 0.873. The normalized spacial score (nSPS) is 12.7. The lowest BCUT2D eigenvalue weighted by Crippen LogP contribution is -2.39. The molecular weight excluding hydrogens is 272 g/mol. The van der Waals surface area contributed by atoms with Gasteiger partial charge in [0, 0.05) is 18.7 Å². The molecule has 0 aliphatic carbocycles. The lowest BCUT2D eigenvalue weighted by molar-refractivity contribution is -0.142. The van der Waals surface area contributed by atoms with Gasteiger partial charge in [0.2, 0.25) is 11.8 Å². The monoisotopic (exact) mass is 290 g/mol. The van der Waals surface area contributed by atoms with E-state index in [1.165, 1.54) is 7.11 Å². The zero-order valence-corrected chi connectivity index (χ0v) is 11.9. The van der Waals surface area contributed by atoms with Gasteiger partial charge in [0.15, 0.2) is 0 Å². The number of nitrogens with one attached hydrogen (secondary N) is 1. The third kappa shape index (κ3) is 3.81. The standard InChI is InChI=1S/C15H18N2O4/c1-21-15(20)7-6-13(18)16-10-14(19)17-9-8-11-4-2-3-5-12(11)17/h2-5H,6-10H2,1H3,(H,16,18). The highest BCUT2D eigenvalue weighted by atomic mass is 16.5. The van der Waals surface area contributed by atoms with Gasteiger partial charge in [0.05, 0.1) is 20.1 Å². The van der Waals surface area contributed by atoms with Crippen LogP contribution in [0, 0.1) is 0 Å². The molecule has 1 aromatic carbocycles. The maximum absolute atomic E-state index is 12.1. The molecule has 2 rings (SSSR count). The quantitative estimate of drug-likeness (QED) is 0.808.